The molecule has 2 aromatic heterocycles. The van der Waals surface area contributed by atoms with Crippen LogP contribution in [0.3, 0.4) is 0 Å². The minimum atomic E-state index is 0.384. The highest BCUT2D eigenvalue weighted by molar-refractivity contribution is 5.89. The fraction of sp³-hybridized carbons (Fsp3) is 0.333. The van der Waals surface area contributed by atoms with Gasteiger partial charge in [-0.1, -0.05) is 6.07 Å². The van der Waals surface area contributed by atoms with Crippen molar-refractivity contribution in [2.24, 2.45) is 0 Å². The van der Waals surface area contributed by atoms with Gasteiger partial charge in [-0.2, -0.15) is 0 Å². The summed E-state index contributed by atoms with van der Waals surface area (Å²) in [5, 5.41) is 3.49. The number of anilines is 2. The largest absolute Gasteiger partial charge is 0.494 e. The molecule has 0 atom stereocenters. The van der Waals surface area contributed by atoms with Crippen molar-refractivity contribution in [3.63, 3.8) is 0 Å². The first-order valence-corrected chi connectivity index (χ1v) is 10.6. The predicted molar refractivity (Wildman–Crippen MR) is 122 cm³/mol. The van der Waals surface area contributed by atoms with Crippen LogP contribution in [-0.4, -0.2) is 46.7 Å². The standard InChI is InChI=1S/C24H27N5O2/c1-16-14-29(15-25-16)20-8-7-18(13-22(20)30-3)26-19-5-4-6-21-23(19)27-24(31-21)17-9-11-28(2)12-10-17/h4-8,13-15,17,26H,9-12H2,1-3H3. The van der Waals surface area contributed by atoms with Crippen LogP contribution in [-0.2, 0) is 0 Å². The van der Waals surface area contributed by atoms with Crippen molar-refractivity contribution in [3.8, 4) is 11.4 Å². The Kier molecular flexibility index (Phi) is 5.11. The summed E-state index contributed by atoms with van der Waals surface area (Å²) >= 11 is 0. The van der Waals surface area contributed by atoms with Crippen LogP contribution >= 0.6 is 0 Å². The second-order valence-corrected chi connectivity index (χ2v) is 8.22. The molecule has 3 heterocycles. The highest BCUT2D eigenvalue weighted by Crippen LogP contribution is 2.34. The lowest BCUT2D eigenvalue weighted by molar-refractivity contribution is 0.239. The van der Waals surface area contributed by atoms with Crippen molar-refractivity contribution in [1.29, 1.82) is 0 Å². The van der Waals surface area contributed by atoms with Gasteiger partial charge in [0.1, 0.15) is 11.3 Å². The number of likely N-dealkylation sites (tertiary alicyclic amines) is 1. The number of rotatable bonds is 5. The summed E-state index contributed by atoms with van der Waals surface area (Å²) in [6.07, 6.45) is 5.93. The maximum absolute atomic E-state index is 6.14. The van der Waals surface area contributed by atoms with Crippen LogP contribution in [0.25, 0.3) is 16.8 Å². The Hall–Kier alpha value is -3.32. The zero-order valence-electron chi connectivity index (χ0n) is 18.1. The molecule has 31 heavy (non-hydrogen) atoms. The van der Waals surface area contributed by atoms with Crippen molar-refractivity contribution in [2.45, 2.75) is 25.7 Å². The van der Waals surface area contributed by atoms with Gasteiger partial charge in [-0.15, -0.1) is 0 Å². The normalized spacial score (nSPS) is 15.5. The first-order chi connectivity index (χ1) is 15.1. The first-order valence-electron chi connectivity index (χ1n) is 10.6. The van der Waals surface area contributed by atoms with Gasteiger partial charge in [0.2, 0.25) is 0 Å². The van der Waals surface area contributed by atoms with E-state index in [2.05, 4.69) is 22.2 Å². The number of aryl methyl sites for hydroxylation is 1. The Labute approximate surface area is 181 Å². The number of imidazole rings is 1. The fourth-order valence-corrected chi connectivity index (χ4v) is 4.17. The van der Waals surface area contributed by atoms with Crippen molar-refractivity contribution in [1.82, 2.24) is 19.4 Å². The second kappa shape index (κ2) is 8.07. The lowest BCUT2D eigenvalue weighted by Gasteiger charge is -2.26. The quantitative estimate of drug-likeness (QED) is 0.499. The number of hydrogen-bond acceptors (Lipinski definition) is 6. The number of nitrogens with one attached hydrogen (secondary N) is 1. The summed E-state index contributed by atoms with van der Waals surface area (Å²) in [6, 6.07) is 12.1. The highest BCUT2D eigenvalue weighted by Gasteiger charge is 2.23. The van der Waals surface area contributed by atoms with E-state index in [0.717, 1.165) is 71.4 Å². The molecule has 160 valence electrons. The Morgan fingerprint density at radius 2 is 2.00 bits per heavy atom. The molecule has 1 N–H and O–H groups in total. The molecule has 0 saturated carbocycles. The maximum atomic E-state index is 6.14. The van der Waals surface area contributed by atoms with E-state index in [4.69, 9.17) is 14.1 Å². The van der Waals surface area contributed by atoms with Crippen molar-refractivity contribution >= 4 is 22.5 Å². The number of oxazole rings is 1. The number of ether oxygens (including phenoxy) is 1. The number of methoxy groups -OCH3 is 1. The lowest BCUT2D eigenvalue weighted by atomic mass is 9.97. The number of aromatic nitrogens is 3. The average molecular weight is 418 g/mol. The van der Waals surface area contributed by atoms with Crippen LogP contribution in [0.2, 0.25) is 0 Å². The summed E-state index contributed by atoms with van der Waals surface area (Å²) in [6.45, 7) is 4.13. The third-order valence-electron chi connectivity index (χ3n) is 5.95. The summed E-state index contributed by atoms with van der Waals surface area (Å²) in [4.78, 5) is 11.5. The number of piperidine rings is 1. The number of para-hydroxylation sites is 1. The van der Waals surface area contributed by atoms with Crippen molar-refractivity contribution in [3.05, 3.63) is 60.5 Å². The summed E-state index contributed by atoms with van der Waals surface area (Å²) in [5.74, 6) is 2.00. The van der Waals surface area contributed by atoms with Crippen LogP contribution in [0, 0.1) is 6.92 Å². The van der Waals surface area contributed by atoms with Crippen molar-refractivity contribution < 1.29 is 9.15 Å². The van der Waals surface area contributed by atoms with E-state index in [1.54, 1.807) is 13.4 Å². The molecule has 1 saturated heterocycles. The van der Waals surface area contributed by atoms with Gasteiger partial charge in [0.05, 0.1) is 30.5 Å². The Balaban J connectivity index is 1.43. The molecule has 7 nitrogen and oxygen atoms in total. The number of hydrogen-bond donors (Lipinski definition) is 1. The van der Waals surface area contributed by atoms with Crippen LogP contribution in [0.5, 0.6) is 5.75 Å². The van der Waals surface area contributed by atoms with Gasteiger partial charge < -0.3 is 23.9 Å². The van der Waals surface area contributed by atoms with Crippen LogP contribution in [0.15, 0.2) is 53.3 Å². The smallest absolute Gasteiger partial charge is 0.198 e. The SMILES string of the molecule is COc1cc(Nc2cccc3oc(C4CCN(C)CC4)nc23)ccc1-n1cnc(C)c1. The molecule has 0 amide bonds. The summed E-state index contributed by atoms with van der Waals surface area (Å²) < 4.78 is 13.7. The van der Waals surface area contributed by atoms with E-state index < -0.39 is 0 Å². The van der Waals surface area contributed by atoms with Crippen molar-refractivity contribution in [2.75, 3.05) is 32.6 Å². The number of benzene rings is 2. The Morgan fingerprint density at radius 3 is 2.74 bits per heavy atom. The van der Waals surface area contributed by atoms with E-state index in [0.29, 0.717) is 5.92 Å². The van der Waals surface area contributed by atoms with E-state index in [-0.39, 0.29) is 0 Å². The maximum Gasteiger partial charge on any atom is 0.198 e. The Bertz CT molecular complexity index is 1200. The van der Waals surface area contributed by atoms with Crippen LogP contribution < -0.4 is 10.1 Å². The molecule has 0 spiro atoms. The van der Waals surface area contributed by atoms with Crippen LogP contribution in [0.4, 0.5) is 11.4 Å². The lowest BCUT2D eigenvalue weighted by Crippen LogP contribution is -2.29. The monoisotopic (exact) mass is 417 g/mol. The third-order valence-corrected chi connectivity index (χ3v) is 5.95. The topological polar surface area (TPSA) is 68.3 Å². The molecule has 1 aliphatic heterocycles. The molecule has 0 radical (unpaired) electrons. The highest BCUT2D eigenvalue weighted by atomic mass is 16.5. The summed E-state index contributed by atoms with van der Waals surface area (Å²) in [5.41, 5.74) is 5.43. The molecule has 2 aromatic carbocycles. The van der Waals surface area contributed by atoms with Gasteiger partial charge in [-0.3, -0.25) is 0 Å². The molecule has 4 aromatic rings. The molecule has 0 bridgehead atoms. The van der Waals surface area contributed by atoms with Gasteiger partial charge in [0.25, 0.3) is 0 Å². The summed E-state index contributed by atoms with van der Waals surface area (Å²) in [7, 11) is 3.84. The second-order valence-electron chi connectivity index (χ2n) is 8.22. The van der Waals surface area contributed by atoms with Crippen LogP contribution in [0.1, 0.15) is 30.3 Å². The van der Waals surface area contributed by atoms with E-state index in [1.807, 2.05) is 54.1 Å². The average Bonchev–Trinajstić information content (AvgIpc) is 3.41. The number of fused-ring (bicyclic) bond motifs is 1. The zero-order chi connectivity index (χ0) is 21.4. The van der Waals surface area contributed by atoms with Gasteiger partial charge in [0.15, 0.2) is 11.5 Å². The minimum absolute atomic E-state index is 0.384. The van der Waals surface area contributed by atoms with E-state index >= 15 is 0 Å². The third kappa shape index (κ3) is 3.88. The predicted octanol–water partition coefficient (Wildman–Crippen LogP) is 4.88. The molecule has 0 unspecified atom stereocenters. The van der Waals surface area contributed by atoms with E-state index in [9.17, 15) is 0 Å². The molecule has 5 rings (SSSR count). The molecular weight excluding hydrogens is 390 g/mol. The molecule has 1 fully saturated rings. The molecule has 7 heteroatoms. The minimum Gasteiger partial charge on any atom is -0.494 e. The Morgan fingerprint density at radius 1 is 1.16 bits per heavy atom. The van der Waals surface area contributed by atoms with Gasteiger partial charge >= 0.3 is 0 Å². The fourth-order valence-electron chi connectivity index (χ4n) is 4.17. The number of nitrogens with zero attached hydrogens (tertiary/aromatic N) is 4. The van der Waals surface area contributed by atoms with Gasteiger partial charge in [-0.05, 0) is 64.2 Å². The van der Waals surface area contributed by atoms with Gasteiger partial charge in [0, 0.05) is 23.9 Å². The zero-order valence-corrected chi connectivity index (χ0v) is 18.1. The molecule has 0 aliphatic carbocycles. The van der Waals surface area contributed by atoms with E-state index in [1.165, 1.54) is 0 Å². The first kappa shape index (κ1) is 19.6. The molecular formula is C24H27N5O2. The molecule has 1 aliphatic rings. The van der Waals surface area contributed by atoms with Gasteiger partial charge in [-0.25, -0.2) is 9.97 Å².